The highest BCUT2D eigenvalue weighted by Gasteiger charge is 2.23. The number of aromatic amines is 1. The van der Waals surface area contributed by atoms with Gasteiger partial charge in [0.15, 0.2) is 6.29 Å². The Hall–Kier alpha value is -1.57. The van der Waals surface area contributed by atoms with Crippen LogP contribution in [-0.2, 0) is 12.8 Å². The predicted molar refractivity (Wildman–Crippen MR) is 88.3 cm³/mol. The maximum absolute atomic E-state index is 11.7. The molecule has 112 valence electrons. The van der Waals surface area contributed by atoms with Gasteiger partial charge in [-0.05, 0) is 42.7 Å². The molecule has 2 heteroatoms. The molecule has 21 heavy (non-hydrogen) atoms. The van der Waals surface area contributed by atoms with Gasteiger partial charge in [-0.25, -0.2) is 0 Å². The van der Waals surface area contributed by atoms with Gasteiger partial charge in [-0.2, -0.15) is 0 Å². The number of fused-ring (bicyclic) bond motifs is 1. The largest absolute Gasteiger partial charge is 0.357 e. The van der Waals surface area contributed by atoms with Crippen molar-refractivity contribution in [2.75, 3.05) is 0 Å². The molecule has 0 spiro atoms. The van der Waals surface area contributed by atoms with Gasteiger partial charge in [0.1, 0.15) is 0 Å². The molecule has 1 N–H and O–H groups in total. The van der Waals surface area contributed by atoms with Crippen molar-refractivity contribution in [3.63, 3.8) is 0 Å². The number of aromatic nitrogens is 1. The summed E-state index contributed by atoms with van der Waals surface area (Å²) in [4.78, 5) is 15.3. The van der Waals surface area contributed by atoms with Crippen molar-refractivity contribution in [3.05, 3.63) is 34.5 Å². The summed E-state index contributed by atoms with van der Waals surface area (Å²) in [5.41, 5.74) is 6.11. The summed E-state index contributed by atoms with van der Waals surface area (Å²) in [6, 6.07) is 4.34. The first-order valence-corrected chi connectivity index (χ1v) is 8.41. The Morgan fingerprint density at radius 2 is 1.90 bits per heavy atom. The highest BCUT2D eigenvalue weighted by molar-refractivity contribution is 6.00. The van der Waals surface area contributed by atoms with Crippen LogP contribution in [0.15, 0.2) is 12.1 Å². The second-order valence-electron chi connectivity index (χ2n) is 6.24. The molecule has 0 radical (unpaired) electrons. The molecule has 0 bridgehead atoms. The van der Waals surface area contributed by atoms with Gasteiger partial charge in [-0.15, -0.1) is 0 Å². The molecule has 1 aliphatic rings. The van der Waals surface area contributed by atoms with E-state index in [0.29, 0.717) is 5.92 Å². The molecule has 2 aromatic rings. The maximum Gasteiger partial charge on any atom is 0.152 e. The minimum atomic E-state index is 0.543. The second kappa shape index (κ2) is 6.05. The summed E-state index contributed by atoms with van der Waals surface area (Å²) in [6.07, 6.45) is 9.49. The number of hydrogen-bond donors (Lipinski definition) is 1. The molecule has 1 fully saturated rings. The average Bonchev–Trinajstić information content (AvgIpc) is 2.93. The van der Waals surface area contributed by atoms with Crippen molar-refractivity contribution in [3.8, 4) is 0 Å². The number of benzene rings is 1. The van der Waals surface area contributed by atoms with Crippen LogP contribution in [0.2, 0.25) is 0 Å². The maximum atomic E-state index is 11.7. The van der Waals surface area contributed by atoms with Crippen LogP contribution in [0.1, 0.15) is 79.0 Å². The van der Waals surface area contributed by atoms with E-state index in [1.54, 1.807) is 0 Å². The van der Waals surface area contributed by atoms with Gasteiger partial charge in [0.25, 0.3) is 0 Å². The lowest BCUT2D eigenvalue weighted by Gasteiger charge is -2.21. The van der Waals surface area contributed by atoms with Gasteiger partial charge >= 0.3 is 0 Å². The molecular weight excluding hydrogens is 258 g/mol. The van der Waals surface area contributed by atoms with Crippen molar-refractivity contribution >= 4 is 17.2 Å². The number of carbonyl (C=O) groups is 1. The lowest BCUT2D eigenvalue weighted by atomic mass is 9.85. The minimum absolute atomic E-state index is 0.543. The fourth-order valence-electron chi connectivity index (χ4n) is 3.98. The zero-order chi connectivity index (χ0) is 14.8. The molecule has 0 atom stereocenters. The second-order valence-corrected chi connectivity index (χ2v) is 6.24. The van der Waals surface area contributed by atoms with Crippen molar-refractivity contribution in [1.29, 1.82) is 0 Å². The molecule has 1 aliphatic carbocycles. The molecule has 1 saturated carbocycles. The quantitative estimate of drug-likeness (QED) is 0.773. The van der Waals surface area contributed by atoms with E-state index >= 15 is 0 Å². The summed E-state index contributed by atoms with van der Waals surface area (Å²) in [5, 5.41) is 1.12. The normalized spacial score (nSPS) is 16.5. The van der Waals surface area contributed by atoms with E-state index in [2.05, 4.69) is 31.0 Å². The number of H-pyrrole nitrogens is 1. The van der Waals surface area contributed by atoms with Gasteiger partial charge in [0.2, 0.25) is 0 Å². The van der Waals surface area contributed by atoms with Crippen LogP contribution in [0.25, 0.3) is 10.9 Å². The number of aryl methyl sites for hydroxylation is 2. The monoisotopic (exact) mass is 283 g/mol. The molecule has 2 nitrogen and oxygen atoms in total. The van der Waals surface area contributed by atoms with Crippen LogP contribution in [0.3, 0.4) is 0 Å². The number of rotatable bonds is 4. The van der Waals surface area contributed by atoms with Crippen molar-refractivity contribution in [2.45, 2.75) is 64.7 Å². The first-order valence-electron chi connectivity index (χ1n) is 8.41. The van der Waals surface area contributed by atoms with Crippen LogP contribution in [-0.4, -0.2) is 11.3 Å². The van der Waals surface area contributed by atoms with E-state index < -0.39 is 0 Å². The summed E-state index contributed by atoms with van der Waals surface area (Å²) >= 11 is 0. The van der Waals surface area contributed by atoms with Crippen LogP contribution in [0, 0.1) is 0 Å². The Morgan fingerprint density at radius 1 is 1.14 bits per heavy atom. The first-order chi connectivity index (χ1) is 10.3. The molecule has 0 aliphatic heterocycles. The van der Waals surface area contributed by atoms with E-state index in [-0.39, 0.29) is 0 Å². The Balaban J connectivity index is 2.18. The van der Waals surface area contributed by atoms with E-state index in [1.807, 2.05) is 0 Å². The summed E-state index contributed by atoms with van der Waals surface area (Å²) in [7, 11) is 0. The Kier molecular flexibility index (Phi) is 4.14. The van der Waals surface area contributed by atoms with E-state index in [4.69, 9.17) is 0 Å². The van der Waals surface area contributed by atoms with E-state index in [1.165, 1.54) is 54.4 Å². The summed E-state index contributed by atoms with van der Waals surface area (Å²) in [5.74, 6) is 0.543. The van der Waals surface area contributed by atoms with Crippen LogP contribution < -0.4 is 0 Å². The molecule has 3 rings (SSSR count). The zero-order valence-electron chi connectivity index (χ0n) is 13.2. The number of carbonyl (C=O) groups excluding carboxylic acids is 1. The van der Waals surface area contributed by atoms with Gasteiger partial charge in [-0.3, -0.25) is 4.79 Å². The lowest BCUT2D eigenvalue weighted by Crippen LogP contribution is -2.06. The van der Waals surface area contributed by atoms with Gasteiger partial charge in [0.05, 0.1) is 0 Å². The molecule has 1 aromatic carbocycles. The molecule has 1 heterocycles. The smallest absolute Gasteiger partial charge is 0.152 e. The predicted octanol–water partition coefficient (Wildman–Crippen LogP) is 5.15. The molecular formula is C19H25NO. The number of nitrogens with one attached hydrogen (secondary N) is 1. The Morgan fingerprint density at radius 3 is 2.52 bits per heavy atom. The summed E-state index contributed by atoms with van der Waals surface area (Å²) in [6.45, 7) is 4.40. The topological polar surface area (TPSA) is 32.9 Å². The average molecular weight is 283 g/mol. The zero-order valence-corrected chi connectivity index (χ0v) is 13.2. The molecule has 0 amide bonds. The van der Waals surface area contributed by atoms with Crippen LogP contribution in [0.5, 0.6) is 0 Å². The van der Waals surface area contributed by atoms with Gasteiger partial charge in [-0.1, -0.05) is 45.2 Å². The van der Waals surface area contributed by atoms with Crippen molar-refractivity contribution in [1.82, 2.24) is 4.98 Å². The van der Waals surface area contributed by atoms with Crippen LogP contribution in [0.4, 0.5) is 0 Å². The fourth-order valence-corrected chi connectivity index (χ4v) is 3.98. The molecule has 0 saturated heterocycles. The Bertz CT molecular complexity index is 647. The van der Waals surface area contributed by atoms with Crippen molar-refractivity contribution < 1.29 is 4.79 Å². The van der Waals surface area contributed by atoms with E-state index in [0.717, 1.165) is 30.1 Å². The number of hydrogen-bond acceptors (Lipinski definition) is 1. The summed E-state index contributed by atoms with van der Waals surface area (Å²) < 4.78 is 0. The molecule has 0 unspecified atom stereocenters. The number of aldehydes is 1. The van der Waals surface area contributed by atoms with E-state index in [9.17, 15) is 4.79 Å². The Labute approximate surface area is 126 Å². The first kappa shape index (κ1) is 14.4. The standard InChI is InChI=1S/C19H25NO/c1-3-13-10-11-16-17(12-21)18(14-8-6-5-7-9-14)20-19(16)15(13)4-2/h10-12,14,20H,3-9H2,1-2H3. The third-order valence-corrected chi connectivity index (χ3v) is 5.12. The SMILES string of the molecule is CCc1ccc2c(C=O)c(C3CCCCC3)[nH]c2c1CC. The molecule has 1 aromatic heterocycles. The highest BCUT2D eigenvalue weighted by atomic mass is 16.1. The lowest BCUT2D eigenvalue weighted by molar-refractivity contribution is 0.112. The minimum Gasteiger partial charge on any atom is -0.357 e. The highest BCUT2D eigenvalue weighted by Crippen LogP contribution is 2.37. The van der Waals surface area contributed by atoms with Crippen LogP contribution >= 0.6 is 0 Å². The van der Waals surface area contributed by atoms with Crippen molar-refractivity contribution in [2.24, 2.45) is 0 Å². The third-order valence-electron chi connectivity index (χ3n) is 5.12. The third kappa shape index (κ3) is 2.41. The van der Waals surface area contributed by atoms with Gasteiger partial charge < -0.3 is 4.98 Å². The van der Waals surface area contributed by atoms with Gasteiger partial charge in [0, 0.05) is 22.2 Å². The fraction of sp³-hybridized carbons (Fsp3) is 0.526.